The molecule has 1 nitrogen and oxygen atoms in total. The molecule has 0 aromatic heterocycles. The number of nitrogens with two attached hydrogens (primary N) is 1. The average molecular weight is 75.2 g/mol. The standard InChI is InChI=1S/C2H9NSi/c1-2(3)4/h2H,3H2,1,4H3. The van der Waals surface area contributed by atoms with Gasteiger partial charge in [0.25, 0.3) is 0 Å². The van der Waals surface area contributed by atoms with Gasteiger partial charge in [-0.25, -0.2) is 0 Å². The Morgan fingerprint density at radius 3 is 2.00 bits per heavy atom. The molecule has 0 heterocycles. The molecule has 0 amide bonds. The highest BCUT2D eigenvalue weighted by Gasteiger charge is 1.67. The molecule has 0 aromatic rings. The van der Waals surface area contributed by atoms with E-state index in [0.717, 1.165) is 10.2 Å². The van der Waals surface area contributed by atoms with E-state index in [9.17, 15) is 0 Å². The summed E-state index contributed by atoms with van der Waals surface area (Å²) in [7, 11) is 1.13. The highest BCUT2D eigenvalue weighted by atomic mass is 28.1. The molecule has 26 valence electrons. The molecule has 0 saturated carbocycles. The third-order valence-corrected chi connectivity index (χ3v) is 0. The monoisotopic (exact) mass is 75.1 g/mol. The Bertz CT molecular complexity index is 10.8. The number of hydrogen-bond donors (Lipinski definition) is 1. The Balaban J connectivity index is 2.32. The fraction of sp³-hybridized carbons (Fsp3) is 1.00. The zero-order chi connectivity index (χ0) is 3.58. The van der Waals surface area contributed by atoms with E-state index in [4.69, 9.17) is 5.73 Å². The topological polar surface area (TPSA) is 26.0 Å². The number of hydrogen-bond acceptors (Lipinski definition) is 1. The Hall–Kier alpha value is 0.177. The van der Waals surface area contributed by atoms with E-state index < -0.39 is 0 Å². The quantitative estimate of drug-likeness (QED) is 0.354. The largest absolute Gasteiger partial charge is 0.332 e. The molecular weight excluding hydrogens is 66.1 g/mol. The van der Waals surface area contributed by atoms with Gasteiger partial charge in [0.2, 0.25) is 0 Å². The molecule has 0 aromatic carbocycles. The van der Waals surface area contributed by atoms with Crippen LogP contribution in [-0.2, 0) is 0 Å². The van der Waals surface area contributed by atoms with Crippen molar-refractivity contribution in [1.82, 2.24) is 0 Å². The third kappa shape index (κ3) is 96.4. The van der Waals surface area contributed by atoms with Crippen molar-refractivity contribution in [2.45, 2.75) is 12.6 Å². The lowest BCUT2D eigenvalue weighted by Crippen LogP contribution is -2.12. The average Bonchev–Trinajstić information content (AvgIpc) is 0.811. The normalized spacial score (nSPS) is 16.5. The van der Waals surface area contributed by atoms with E-state index in [1.165, 1.54) is 0 Å². The Morgan fingerprint density at radius 2 is 2.00 bits per heavy atom. The molecule has 0 aliphatic carbocycles. The van der Waals surface area contributed by atoms with E-state index in [-0.39, 0.29) is 0 Å². The molecule has 0 aliphatic heterocycles. The summed E-state index contributed by atoms with van der Waals surface area (Å²) in [6.07, 6.45) is 0. The van der Waals surface area contributed by atoms with E-state index in [0.29, 0.717) is 5.67 Å². The molecule has 2 N–H and O–H groups in total. The molecule has 0 rings (SSSR count). The first-order chi connectivity index (χ1) is 1.73. The molecular formula is C2H9NSi. The first kappa shape index (κ1) is 4.18. The predicted octanol–water partition coefficient (Wildman–Crippen LogP) is -1.34. The van der Waals surface area contributed by atoms with Crippen LogP contribution >= 0.6 is 0 Å². The third-order valence-electron chi connectivity index (χ3n) is 0. The van der Waals surface area contributed by atoms with Crippen LogP contribution in [0, 0.1) is 0 Å². The fourth-order valence-corrected chi connectivity index (χ4v) is 0. The molecule has 2 heteroatoms. The van der Waals surface area contributed by atoms with Gasteiger partial charge in [-0.2, -0.15) is 0 Å². The van der Waals surface area contributed by atoms with Gasteiger partial charge in [-0.3, -0.25) is 0 Å². The molecule has 0 fully saturated rings. The Kier molecular flexibility index (Phi) is 1.56. The van der Waals surface area contributed by atoms with Crippen molar-refractivity contribution in [3.05, 3.63) is 0 Å². The summed E-state index contributed by atoms with van der Waals surface area (Å²) in [6.45, 7) is 2.01. The van der Waals surface area contributed by atoms with Crippen molar-refractivity contribution in [3.63, 3.8) is 0 Å². The fourth-order valence-electron chi connectivity index (χ4n) is 0. The van der Waals surface area contributed by atoms with Gasteiger partial charge in [-0.15, -0.1) is 0 Å². The summed E-state index contributed by atoms with van der Waals surface area (Å²) in [6, 6.07) is 0. The molecule has 0 radical (unpaired) electrons. The summed E-state index contributed by atoms with van der Waals surface area (Å²) >= 11 is 0. The first-order valence-corrected chi connectivity index (χ1v) is 2.64. The second-order valence-corrected chi connectivity index (χ2v) is 3.07. The van der Waals surface area contributed by atoms with Crippen molar-refractivity contribution < 1.29 is 0 Å². The highest BCUT2D eigenvalue weighted by molar-refractivity contribution is 6.11. The van der Waals surface area contributed by atoms with Crippen molar-refractivity contribution in [3.8, 4) is 0 Å². The van der Waals surface area contributed by atoms with Crippen LogP contribution in [0.5, 0.6) is 0 Å². The maximum Gasteiger partial charge on any atom is 0.0234 e. The van der Waals surface area contributed by atoms with Gasteiger partial charge in [0.15, 0.2) is 0 Å². The smallest absolute Gasteiger partial charge is 0.0234 e. The predicted molar refractivity (Wildman–Crippen MR) is 23.6 cm³/mol. The van der Waals surface area contributed by atoms with Gasteiger partial charge in [0.1, 0.15) is 0 Å². The number of rotatable bonds is 0. The molecule has 0 bridgehead atoms. The van der Waals surface area contributed by atoms with Crippen molar-refractivity contribution in [2.24, 2.45) is 5.73 Å². The van der Waals surface area contributed by atoms with Gasteiger partial charge in [-0.1, -0.05) is 6.92 Å². The van der Waals surface area contributed by atoms with Crippen molar-refractivity contribution >= 4 is 10.2 Å². The van der Waals surface area contributed by atoms with Crippen LogP contribution in [0.2, 0.25) is 0 Å². The molecule has 0 aliphatic rings. The minimum absolute atomic E-state index is 0.472. The lowest BCUT2D eigenvalue weighted by molar-refractivity contribution is 1.03. The minimum atomic E-state index is 0.472. The minimum Gasteiger partial charge on any atom is -0.332 e. The Morgan fingerprint density at radius 1 is 2.00 bits per heavy atom. The van der Waals surface area contributed by atoms with Gasteiger partial charge in [-0.05, 0) is 5.67 Å². The maximum atomic E-state index is 5.17. The lowest BCUT2D eigenvalue weighted by atomic mass is 10.8. The lowest BCUT2D eigenvalue weighted by Gasteiger charge is -1.81. The van der Waals surface area contributed by atoms with Gasteiger partial charge < -0.3 is 5.73 Å². The summed E-state index contributed by atoms with van der Waals surface area (Å²) < 4.78 is 0. The zero-order valence-corrected chi connectivity index (χ0v) is 5.15. The van der Waals surface area contributed by atoms with Crippen LogP contribution in [0.1, 0.15) is 6.92 Å². The summed E-state index contributed by atoms with van der Waals surface area (Å²) in [5.41, 5.74) is 5.65. The zero-order valence-electron chi connectivity index (χ0n) is 3.15. The molecule has 1 atom stereocenters. The van der Waals surface area contributed by atoms with Crippen molar-refractivity contribution in [2.75, 3.05) is 0 Å². The summed E-state index contributed by atoms with van der Waals surface area (Å²) in [5.74, 6) is 0. The second kappa shape index (κ2) is 1.49. The van der Waals surface area contributed by atoms with Crippen LogP contribution in [0.25, 0.3) is 0 Å². The summed E-state index contributed by atoms with van der Waals surface area (Å²) in [4.78, 5) is 0. The van der Waals surface area contributed by atoms with Crippen LogP contribution < -0.4 is 5.73 Å². The van der Waals surface area contributed by atoms with E-state index in [2.05, 4.69) is 0 Å². The van der Waals surface area contributed by atoms with E-state index in [1.807, 2.05) is 6.92 Å². The van der Waals surface area contributed by atoms with Gasteiger partial charge in [0, 0.05) is 10.2 Å². The van der Waals surface area contributed by atoms with E-state index in [1.54, 1.807) is 0 Å². The second-order valence-electron chi connectivity index (χ2n) is 1.24. The molecule has 0 saturated heterocycles. The molecule has 0 spiro atoms. The Labute approximate surface area is 29.6 Å². The maximum absolute atomic E-state index is 5.17. The molecule has 4 heavy (non-hydrogen) atoms. The van der Waals surface area contributed by atoms with Gasteiger partial charge >= 0.3 is 0 Å². The van der Waals surface area contributed by atoms with Crippen LogP contribution in [0.3, 0.4) is 0 Å². The van der Waals surface area contributed by atoms with Gasteiger partial charge in [0.05, 0.1) is 0 Å². The van der Waals surface area contributed by atoms with Crippen molar-refractivity contribution in [1.29, 1.82) is 0 Å². The highest BCUT2D eigenvalue weighted by Crippen LogP contribution is 1.48. The van der Waals surface area contributed by atoms with Crippen LogP contribution in [0.4, 0.5) is 0 Å². The summed E-state index contributed by atoms with van der Waals surface area (Å²) in [5, 5.41) is 0. The molecule has 1 unspecified atom stereocenters. The first-order valence-electron chi connectivity index (χ1n) is 1.49. The van der Waals surface area contributed by atoms with E-state index >= 15 is 0 Å². The SMILES string of the molecule is CC(N)[SiH3]. The van der Waals surface area contributed by atoms with Crippen LogP contribution in [0.15, 0.2) is 0 Å². The van der Waals surface area contributed by atoms with Crippen LogP contribution in [-0.4, -0.2) is 15.9 Å².